The van der Waals surface area contributed by atoms with Gasteiger partial charge in [-0.2, -0.15) is 0 Å². The largest absolute Gasteiger partial charge is 0.478 e. The van der Waals surface area contributed by atoms with E-state index in [1.807, 2.05) is 18.2 Å². The number of fused-ring (bicyclic) bond motifs is 5. The van der Waals surface area contributed by atoms with Gasteiger partial charge in [0, 0.05) is 0 Å². The predicted octanol–water partition coefficient (Wildman–Crippen LogP) is 6.60. The van der Waals surface area contributed by atoms with Gasteiger partial charge in [-0.15, -0.1) is 0 Å². The number of hydrogen-bond donors (Lipinski definition) is 1. The molecular formula is C26H32O2. The molecule has 0 amide bonds. The zero-order valence-electron chi connectivity index (χ0n) is 17.2. The molecule has 0 radical (unpaired) electrons. The lowest BCUT2D eigenvalue weighted by Gasteiger charge is -2.57. The minimum absolute atomic E-state index is 0.321. The summed E-state index contributed by atoms with van der Waals surface area (Å²) in [6.45, 7) is 5.01. The van der Waals surface area contributed by atoms with Crippen LogP contribution in [-0.4, -0.2) is 11.1 Å². The lowest BCUT2D eigenvalue weighted by molar-refractivity contribution is -0.0146. The number of carboxylic acid groups (broad SMARTS) is 1. The fraction of sp³-hybridized carbons (Fsp3) is 0.577. The van der Waals surface area contributed by atoms with E-state index in [1.54, 1.807) is 11.6 Å². The van der Waals surface area contributed by atoms with Crippen molar-refractivity contribution in [2.75, 3.05) is 0 Å². The first kappa shape index (κ1) is 18.2. The van der Waals surface area contributed by atoms with E-state index >= 15 is 0 Å². The minimum atomic E-state index is -0.790. The summed E-state index contributed by atoms with van der Waals surface area (Å²) in [5.41, 5.74) is 3.91. The van der Waals surface area contributed by atoms with E-state index in [1.165, 1.54) is 32.1 Å². The molecule has 0 spiro atoms. The highest BCUT2D eigenvalue weighted by molar-refractivity contribution is 5.89. The first-order valence-corrected chi connectivity index (χ1v) is 11.1. The van der Waals surface area contributed by atoms with Gasteiger partial charge in [0.25, 0.3) is 0 Å². The van der Waals surface area contributed by atoms with Crippen LogP contribution in [0.2, 0.25) is 0 Å². The van der Waals surface area contributed by atoms with Gasteiger partial charge in [0.2, 0.25) is 0 Å². The lowest BCUT2D eigenvalue weighted by atomic mass is 9.47. The Labute approximate surface area is 168 Å². The van der Waals surface area contributed by atoms with Crippen molar-refractivity contribution in [3.63, 3.8) is 0 Å². The van der Waals surface area contributed by atoms with Crippen molar-refractivity contribution in [2.45, 2.75) is 64.7 Å². The van der Waals surface area contributed by atoms with E-state index in [0.717, 1.165) is 36.2 Å². The van der Waals surface area contributed by atoms with Gasteiger partial charge in [-0.25, -0.2) is 4.79 Å². The number of aromatic carboxylic acids is 1. The summed E-state index contributed by atoms with van der Waals surface area (Å²) in [6.07, 6.45) is 16.1. The topological polar surface area (TPSA) is 37.3 Å². The Balaban J connectivity index is 1.44. The van der Waals surface area contributed by atoms with Crippen molar-refractivity contribution < 1.29 is 9.90 Å². The maximum Gasteiger partial charge on any atom is 0.335 e. The van der Waals surface area contributed by atoms with Crippen molar-refractivity contribution in [2.24, 2.45) is 28.6 Å². The molecule has 2 nitrogen and oxygen atoms in total. The summed E-state index contributed by atoms with van der Waals surface area (Å²) in [7, 11) is 0. The van der Waals surface area contributed by atoms with Gasteiger partial charge in [0.1, 0.15) is 0 Å². The summed E-state index contributed by atoms with van der Waals surface area (Å²) in [5.74, 6) is 2.02. The summed E-state index contributed by atoms with van der Waals surface area (Å²) >= 11 is 0. The zero-order valence-corrected chi connectivity index (χ0v) is 17.2. The molecule has 0 saturated heterocycles. The molecule has 2 saturated carbocycles. The maximum atomic E-state index is 11.7. The van der Waals surface area contributed by atoms with Gasteiger partial charge in [-0.05, 0) is 91.1 Å². The van der Waals surface area contributed by atoms with Crippen LogP contribution in [0.1, 0.15) is 80.6 Å². The summed E-state index contributed by atoms with van der Waals surface area (Å²) in [4.78, 5) is 11.7. The number of hydrogen-bond acceptors (Lipinski definition) is 1. The van der Waals surface area contributed by atoms with Crippen LogP contribution >= 0.6 is 0 Å². The molecule has 1 aromatic carbocycles. The van der Waals surface area contributed by atoms with Gasteiger partial charge in [0.05, 0.1) is 5.56 Å². The molecule has 4 aliphatic rings. The normalized spacial score (nSPS) is 41.6. The Bertz CT molecular complexity index is 865. The molecule has 0 heterocycles. The van der Waals surface area contributed by atoms with E-state index in [-0.39, 0.29) is 0 Å². The molecule has 6 atom stereocenters. The molecule has 0 bridgehead atoms. The molecule has 0 aromatic heterocycles. The number of benzene rings is 1. The molecule has 4 aliphatic carbocycles. The fourth-order valence-corrected chi connectivity index (χ4v) is 7.46. The molecule has 5 rings (SSSR count). The Morgan fingerprint density at radius 3 is 2.71 bits per heavy atom. The molecule has 1 N–H and O–H groups in total. The average molecular weight is 377 g/mol. The number of carboxylic acids is 1. The van der Waals surface area contributed by atoms with E-state index in [9.17, 15) is 9.90 Å². The Morgan fingerprint density at radius 2 is 1.89 bits per heavy atom. The third-order valence-electron chi connectivity index (χ3n) is 9.06. The van der Waals surface area contributed by atoms with Crippen LogP contribution in [0.15, 0.2) is 48.1 Å². The summed E-state index contributed by atoms with van der Waals surface area (Å²) < 4.78 is 0. The van der Waals surface area contributed by atoms with Gasteiger partial charge < -0.3 is 5.11 Å². The van der Waals surface area contributed by atoms with Crippen LogP contribution in [-0.2, 0) is 0 Å². The third-order valence-corrected chi connectivity index (χ3v) is 9.06. The number of allylic oxidation sites excluding steroid dienone is 4. The molecule has 0 aliphatic heterocycles. The molecule has 0 unspecified atom stereocenters. The van der Waals surface area contributed by atoms with Crippen LogP contribution in [0, 0.1) is 28.6 Å². The molecule has 28 heavy (non-hydrogen) atoms. The second-order valence-electron chi connectivity index (χ2n) is 10.3. The van der Waals surface area contributed by atoms with Crippen LogP contribution in [0.25, 0.3) is 0 Å². The van der Waals surface area contributed by atoms with E-state index in [2.05, 4.69) is 32.1 Å². The van der Waals surface area contributed by atoms with Gasteiger partial charge in [-0.3, -0.25) is 0 Å². The van der Waals surface area contributed by atoms with E-state index in [4.69, 9.17) is 0 Å². The Kier molecular flexibility index (Phi) is 4.12. The third kappa shape index (κ3) is 2.56. The highest BCUT2D eigenvalue weighted by Gasteiger charge is 2.54. The van der Waals surface area contributed by atoms with Gasteiger partial charge in [-0.1, -0.05) is 55.8 Å². The number of carbonyl (C=O) groups is 1. The summed E-state index contributed by atoms with van der Waals surface area (Å²) in [6, 6.07) is 7.65. The monoisotopic (exact) mass is 376 g/mol. The molecule has 148 valence electrons. The quantitative estimate of drug-likeness (QED) is 0.591. The zero-order chi connectivity index (χ0) is 19.5. The lowest BCUT2D eigenvalue weighted by Crippen LogP contribution is -2.48. The van der Waals surface area contributed by atoms with Crippen molar-refractivity contribution in [3.05, 3.63) is 59.2 Å². The van der Waals surface area contributed by atoms with Crippen molar-refractivity contribution in [1.82, 2.24) is 0 Å². The van der Waals surface area contributed by atoms with E-state index in [0.29, 0.717) is 22.3 Å². The van der Waals surface area contributed by atoms with Crippen LogP contribution in [0.5, 0.6) is 0 Å². The molecule has 1 aromatic rings. The highest BCUT2D eigenvalue weighted by atomic mass is 16.4. The van der Waals surface area contributed by atoms with Crippen molar-refractivity contribution >= 4 is 5.97 Å². The van der Waals surface area contributed by atoms with Gasteiger partial charge >= 0.3 is 5.97 Å². The molecular weight excluding hydrogens is 344 g/mol. The second kappa shape index (κ2) is 6.34. The maximum absolute atomic E-state index is 11.7. The highest BCUT2D eigenvalue weighted by Crippen LogP contribution is 2.64. The number of rotatable bonds is 2. The SMILES string of the molecule is C[C@@]12C=CC[C@H]1[C@@H]1CC=C3C[C@@H](c4ccccc4C(=O)O)CC[C@]3(C)[C@H]1CC2. The molecule has 2 heteroatoms. The predicted molar refractivity (Wildman–Crippen MR) is 112 cm³/mol. The smallest absolute Gasteiger partial charge is 0.335 e. The van der Waals surface area contributed by atoms with Crippen LogP contribution < -0.4 is 0 Å². The average Bonchev–Trinajstić information content (AvgIpc) is 3.09. The first-order chi connectivity index (χ1) is 13.4. The van der Waals surface area contributed by atoms with Crippen LogP contribution in [0.4, 0.5) is 0 Å². The Hall–Kier alpha value is -1.83. The minimum Gasteiger partial charge on any atom is -0.478 e. The molecule has 2 fully saturated rings. The van der Waals surface area contributed by atoms with Crippen LogP contribution in [0.3, 0.4) is 0 Å². The van der Waals surface area contributed by atoms with E-state index < -0.39 is 5.97 Å². The first-order valence-electron chi connectivity index (χ1n) is 11.1. The Morgan fingerprint density at radius 1 is 1.07 bits per heavy atom. The fourth-order valence-electron chi connectivity index (χ4n) is 7.46. The van der Waals surface area contributed by atoms with Crippen molar-refractivity contribution in [1.29, 1.82) is 0 Å². The standard InChI is InChI=1S/C26H32O2/c1-25-13-5-8-22(25)21-10-9-18-16-17(11-15-26(18,2)23(21)12-14-25)19-6-3-4-7-20(19)24(27)28/h3-7,9,13,17,21-23H,8,10-12,14-16H2,1-2H3,(H,27,28)/t17-,21-,22-,23-,25-,26-/m0/s1. The summed E-state index contributed by atoms with van der Waals surface area (Å²) in [5, 5.41) is 9.62. The second-order valence-corrected chi connectivity index (χ2v) is 10.3. The van der Waals surface area contributed by atoms with Crippen molar-refractivity contribution in [3.8, 4) is 0 Å². The van der Waals surface area contributed by atoms with Gasteiger partial charge in [0.15, 0.2) is 0 Å².